The molecular formula is C15H24IN3O. The van der Waals surface area contributed by atoms with Crippen LogP contribution in [0, 0.1) is 0 Å². The van der Waals surface area contributed by atoms with Crippen LogP contribution >= 0.6 is 24.0 Å². The molecule has 0 spiro atoms. The second-order valence-electron chi connectivity index (χ2n) is 4.44. The Morgan fingerprint density at radius 1 is 1.35 bits per heavy atom. The van der Waals surface area contributed by atoms with E-state index in [1.807, 2.05) is 51.1 Å². The Morgan fingerprint density at radius 3 is 2.55 bits per heavy atom. The lowest BCUT2D eigenvalue weighted by molar-refractivity contribution is 0.242. The minimum atomic E-state index is 0. The van der Waals surface area contributed by atoms with E-state index in [9.17, 15) is 0 Å². The average molecular weight is 389 g/mol. The summed E-state index contributed by atoms with van der Waals surface area (Å²) in [6.45, 7) is 6.69. The van der Waals surface area contributed by atoms with Crippen LogP contribution in [0.3, 0.4) is 0 Å². The summed E-state index contributed by atoms with van der Waals surface area (Å²) in [6, 6.07) is 7.67. The monoisotopic (exact) mass is 389 g/mol. The third-order valence-corrected chi connectivity index (χ3v) is 2.31. The summed E-state index contributed by atoms with van der Waals surface area (Å²) in [5, 5.41) is 3.05. The lowest BCUT2D eigenvalue weighted by Crippen LogP contribution is -2.22. The molecule has 1 aromatic carbocycles. The fourth-order valence-electron chi connectivity index (χ4n) is 1.50. The van der Waals surface area contributed by atoms with Crippen LogP contribution in [-0.2, 0) is 0 Å². The number of rotatable bonds is 6. The first kappa shape index (κ1) is 18.8. The van der Waals surface area contributed by atoms with Gasteiger partial charge in [0.05, 0.1) is 6.10 Å². The van der Waals surface area contributed by atoms with E-state index in [-0.39, 0.29) is 30.1 Å². The fraction of sp³-hybridized carbons (Fsp3) is 0.400. The maximum absolute atomic E-state index is 5.79. The van der Waals surface area contributed by atoms with Gasteiger partial charge in [0, 0.05) is 12.2 Å². The number of aliphatic imine (C=N–C) groups is 1. The van der Waals surface area contributed by atoms with Gasteiger partial charge in [-0.15, -0.1) is 24.0 Å². The molecule has 0 aliphatic rings. The molecule has 20 heavy (non-hydrogen) atoms. The zero-order valence-electron chi connectivity index (χ0n) is 12.3. The summed E-state index contributed by atoms with van der Waals surface area (Å²) in [5.41, 5.74) is 6.70. The molecule has 1 rings (SSSR count). The highest BCUT2D eigenvalue weighted by molar-refractivity contribution is 14.0. The van der Waals surface area contributed by atoms with Gasteiger partial charge in [-0.3, -0.25) is 4.99 Å². The predicted octanol–water partition coefficient (Wildman–Crippen LogP) is 3.78. The van der Waals surface area contributed by atoms with E-state index >= 15 is 0 Å². The van der Waals surface area contributed by atoms with Gasteiger partial charge in [0.15, 0.2) is 5.96 Å². The van der Waals surface area contributed by atoms with Crippen molar-refractivity contribution >= 4 is 35.6 Å². The SMILES string of the molecule is CC=CCCN=C(N)Nc1ccc(OC(C)C)cc1.I. The van der Waals surface area contributed by atoms with E-state index in [1.165, 1.54) is 0 Å². The highest BCUT2D eigenvalue weighted by Gasteiger charge is 1.98. The topological polar surface area (TPSA) is 59.6 Å². The Bertz CT molecular complexity index is 427. The Morgan fingerprint density at radius 2 is 2.00 bits per heavy atom. The smallest absolute Gasteiger partial charge is 0.193 e. The molecule has 0 aliphatic carbocycles. The van der Waals surface area contributed by atoms with Crippen molar-refractivity contribution in [2.75, 3.05) is 11.9 Å². The molecule has 0 atom stereocenters. The summed E-state index contributed by atoms with van der Waals surface area (Å²) in [6.07, 6.45) is 5.15. The first-order chi connectivity index (χ1) is 9.11. The largest absolute Gasteiger partial charge is 0.491 e. The number of allylic oxidation sites excluding steroid dienone is 1. The Balaban J connectivity index is 0.00000361. The van der Waals surface area contributed by atoms with Gasteiger partial charge < -0.3 is 15.8 Å². The van der Waals surface area contributed by atoms with Crippen LogP contribution < -0.4 is 15.8 Å². The highest BCUT2D eigenvalue weighted by atomic mass is 127. The number of guanidine groups is 1. The Labute approximate surface area is 138 Å². The van der Waals surface area contributed by atoms with Gasteiger partial charge in [-0.1, -0.05) is 12.2 Å². The Kier molecular flexibility index (Phi) is 9.88. The molecule has 3 N–H and O–H groups in total. The molecule has 0 aromatic heterocycles. The van der Waals surface area contributed by atoms with Crippen molar-refractivity contribution in [3.05, 3.63) is 36.4 Å². The van der Waals surface area contributed by atoms with Crippen molar-refractivity contribution < 1.29 is 4.74 Å². The second-order valence-corrected chi connectivity index (χ2v) is 4.44. The minimum absolute atomic E-state index is 0. The number of halogens is 1. The summed E-state index contributed by atoms with van der Waals surface area (Å²) in [7, 11) is 0. The van der Waals surface area contributed by atoms with Gasteiger partial charge in [-0.25, -0.2) is 0 Å². The minimum Gasteiger partial charge on any atom is -0.491 e. The summed E-state index contributed by atoms with van der Waals surface area (Å²) >= 11 is 0. The molecule has 0 saturated heterocycles. The molecule has 5 heteroatoms. The van der Waals surface area contributed by atoms with Crippen molar-refractivity contribution in [2.24, 2.45) is 10.7 Å². The van der Waals surface area contributed by atoms with Crippen LogP contribution in [-0.4, -0.2) is 18.6 Å². The molecule has 0 unspecified atom stereocenters. The van der Waals surface area contributed by atoms with E-state index in [0.717, 1.165) is 17.9 Å². The second kappa shape index (κ2) is 10.5. The number of nitrogens with two attached hydrogens (primary N) is 1. The fourth-order valence-corrected chi connectivity index (χ4v) is 1.50. The molecule has 112 valence electrons. The number of hydrogen-bond acceptors (Lipinski definition) is 2. The first-order valence-corrected chi connectivity index (χ1v) is 6.56. The molecule has 0 bridgehead atoms. The van der Waals surface area contributed by atoms with Crippen LogP contribution in [0.4, 0.5) is 5.69 Å². The molecule has 0 saturated carbocycles. The molecule has 0 amide bonds. The van der Waals surface area contributed by atoms with Crippen molar-refractivity contribution in [2.45, 2.75) is 33.3 Å². The molecule has 0 radical (unpaired) electrons. The van der Waals surface area contributed by atoms with Crippen molar-refractivity contribution in [1.29, 1.82) is 0 Å². The number of ether oxygens (including phenoxy) is 1. The zero-order chi connectivity index (χ0) is 14.1. The van der Waals surface area contributed by atoms with Crippen LogP contribution in [0.15, 0.2) is 41.4 Å². The van der Waals surface area contributed by atoms with Crippen LogP contribution in [0.5, 0.6) is 5.75 Å². The van der Waals surface area contributed by atoms with E-state index in [1.54, 1.807) is 0 Å². The molecule has 4 nitrogen and oxygen atoms in total. The maximum atomic E-state index is 5.79. The number of nitrogens with one attached hydrogen (secondary N) is 1. The van der Waals surface area contributed by atoms with Crippen LogP contribution in [0.2, 0.25) is 0 Å². The summed E-state index contributed by atoms with van der Waals surface area (Å²) in [5.74, 6) is 1.28. The zero-order valence-corrected chi connectivity index (χ0v) is 14.6. The van der Waals surface area contributed by atoms with E-state index in [0.29, 0.717) is 12.5 Å². The number of benzene rings is 1. The molecular weight excluding hydrogens is 365 g/mol. The van der Waals surface area contributed by atoms with Gasteiger partial charge in [0.25, 0.3) is 0 Å². The molecule has 1 aromatic rings. The normalized spacial score (nSPS) is 11.5. The third-order valence-electron chi connectivity index (χ3n) is 2.31. The first-order valence-electron chi connectivity index (χ1n) is 6.56. The molecule has 0 aliphatic heterocycles. The Hall–Kier alpha value is -1.24. The highest BCUT2D eigenvalue weighted by Crippen LogP contribution is 2.16. The van der Waals surface area contributed by atoms with Crippen molar-refractivity contribution in [3.8, 4) is 5.75 Å². The van der Waals surface area contributed by atoms with Crippen LogP contribution in [0.1, 0.15) is 27.2 Å². The number of nitrogens with zero attached hydrogens (tertiary/aromatic N) is 1. The van der Waals surface area contributed by atoms with Crippen molar-refractivity contribution in [3.63, 3.8) is 0 Å². The molecule has 0 fully saturated rings. The van der Waals surface area contributed by atoms with E-state index in [4.69, 9.17) is 10.5 Å². The average Bonchev–Trinajstić information content (AvgIpc) is 2.36. The van der Waals surface area contributed by atoms with E-state index in [2.05, 4.69) is 16.4 Å². The van der Waals surface area contributed by atoms with Gasteiger partial charge in [0.1, 0.15) is 5.75 Å². The van der Waals surface area contributed by atoms with E-state index < -0.39 is 0 Å². The predicted molar refractivity (Wildman–Crippen MR) is 97.2 cm³/mol. The summed E-state index contributed by atoms with van der Waals surface area (Å²) < 4.78 is 5.57. The van der Waals surface area contributed by atoms with Crippen LogP contribution in [0.25, 0.3) is 0 Å². The van der Waals surface area contributed by atoms with Gasteiger partial charge in [-0.05, 0) is 51.5 Å². The summed E-state index contributed by atoms with van der Waals surface area (Å²) in [4.78, 5) is 4.23. The maximum Gasteiger partial charge on any atom is 0.193 e. The lowest BCUT2D eigenvalue weighted by atomic mass is 10.3. The lowest BCUT2D eigenvalue weighted by Gasteiger charge is -2.10. The van der Waals surface area contributed by atoms with Gasteiger partial charge >= 0.3 is 0 Å². The van der Waals surface area contributed by atoms with Gasteiger partial charge in [-0.2, -0.15) is 0 Å². The molecule has 0 heterocycles. The van der Waals surface area contributed by atoms with Crippen molar-refractivity contribution in [1.82, 2.24) is 0 Å². The number of hydrogen-bond donors (Lipinski definition) is 2. The standard InChI is InChI=1S/C15H23N3O.HI/c1-4-5-6-11-17-15(16)18-13-7-9-14(10-8-13)19-12(2)3;/h4-5,7-10,12H,6,11H2,1-3H3,(H3,16,17,18);1H. The number of anilines is 1. The quantitative estimate of drug-likeness (QED) is 0.256. The van der Waals surface area contributed by atoms with Gasteiger partial charge in [0.2, 0.25) is 0 Å². The third kappa shape index (κ3) is 8.04.